The largest absolute Gasteiger partial charge is 0.613 e. The van der Waals surface area contributed by atoms with Gasteiger partial charge in [0.25, 0.3) is 0 Å². The third-order valence-corrected chi connectivity index (χ3v) is 7.37. The monoisotopic (exact) mass is 579 g/mol. The van der Waals surface area contributed by atoms with Crippen LogP contribution in [0.15, 0.2) is 18.5 Å². The number of esters is 3. The van der Waals surface area contributed by atoms with E-state index >= 15 is 0 Å². The van der Waals surface area contributed by atoms with Crippen molar-refractivity contribution < 1.29 is 42.4 Å². The quantitative estimate of drug-likeness (QED) is 0.186. The van der Waals surface area contributed by atoms with Crippen molar-refractivity contribution in [3.8, 4) is 6.07 Å². The topological polar surface area (TPSA) is 206 Å². The Bertz CT molecular complexity index is 1290. The van der Waals surface area contributed by atoms with Gasteiger partial charge in [-0.1, -0.05) is 11.5 Å². The summed E-state index contributed by atoms with van der Waals surface area (Å²) >= 11 is 0. The molecule has 216 valence electrons. The number of nitrogens with two attached hydrogens (primary N) is 1. The van der Waals surface area contributed by atoms with Gasteiger partial charge in [-0.3, -0.25) is 14.4 Å². The molecule has 1 aliphatic rings. The smallest absolute Gasteiger partial charge is 0.464 e. The van der Waals surface area contributed by atoms with Gasteiger partial charge in [0.05, 0.1) is 12.3 Å². The van der Waals surface area contributed by atoms with Gasteiger partial charge in [-0.2, -0.15) is 10.4 Å². The van der Waals surface area contributed by atoms with Gasteiger partial charge in [-0.05, 0) is 42.4 Å². The molecule has 1 aliphatic carbocycles. The molecule has 40 heavy (non-hydrogen) atoms. The first-order valence-electron chi connectivity index (χ1n) is 12.4. The Hall–Kier alpha value is -3.70. The van der Waals surface area contributed by atoms with Gasteiger partial charge < -0.3 is 24.7 Å². The van der Waals surface area contributed by atoms with Crippen molar-refractivity contribution in [3.63, 3.8) is 0 Å². The van der Waals surface area contributed by atoms with E-state index < -0.39 is 56.5 Å². The zero-order valence-electron chi connectivity index (χ0n) is 22.6. The first kappa shape index (κ1) is 30.8. The van der Waals surface area contributed by atoms with Crippen molar-refractivity contribution >= 4 is 37.4 Å². The number of methoxy groups -OCH3 is 1. The summed E-state index contributed by atoms with van der Waals surface area (Å²) in [7, 11) is -1.58. The number of anilines is 1. The normalized spacial score (nSPS) is 17.4. The molecule has 0 radical (unpaired) electrons. The van der Waals surface area contributed by atoms with E-state index in [2.05, 4.69) is 15.2 Å². The first-order chi connectivity index (χ1) is 19.0. The van der Waals surface area contributed by atoms with Gasteiger partial charge in [0.1, 0.15) is 24.0 Å². The van der Waals surface area contributed by atoms with E-state index in [9.17, 15) is 24.2 Å². The Balaban J connectivity index is 1.84. The van der Waals surface area contributed by atoms with Crippen LogP contribution in [0, 0.1) is 17.2 Å². The molecular weight excluding hydrogens is 547 g/mol. The molecule has 5 atom stereocenters. The summed E-state index contributed by atoms with van der Waals surface area (Å²) in [5.41, 5.74) is 4.31. The molecule has 2 aromatic rings. The fraction of sp³-hybridized carbons (Fsp3) is 0.583. The average Bonchev–Trinajstić information content (AvgIpc) is 3.31. The number of nitrogens with zero attached hydrogens (tertiary/aromatic N) is 4. The number of nitriles is 1. The lowest BCUT2D eigenvalue weighted by Crippen LogP contribution is -2.52. The molecule has 16 heteroatoms. The number of rotatable bonds is 14. The summed E-state index contributed by atoms with van der Waals surface area (Å²) in [5.74, 6) is -1.75. The van der Waals surface area contributed by atoms with Crippen molar-refractivity contribution in [1.82, 2.24) is 19.7 Å². The Morgan fingerprint density at radius 1 is 1.27 bits per heavy atom. The van der Waals surface area contributed by atoms with E-state index in [4.69, 9.17) is 29.2 Å². The molecule has 2 aromatic heterocycles. The molecule has 3 N–H and O–H groups in total. The van der Waals surface area contributed by atoms with Gasteiger partial charge in [0.15, 0.2) is 24.6 Å². The van der Waals surface area contributed by atoms with E-state index in [1.807, 2.05) is 6.07 Å². The molecule has 0 saturated heterocycles. The van der Waals surface area contributed by atoms with Crippen LogP contribution in [-0.2, 0) is 42.4 Å². The number of nitrogen functional groups attached to an aromatic ring is 1. The molecule has 2 heterocycles. The average molecular weight is 580 g/mol. The summed E-state index contributed by atoms with van der Waals surface area (Å²) < 4.78 is 41.0. The van der Waals surface area contributed by atoms with E-state index in [1.54, 1.807) is 6.07 Å². The number of hydrogen-bond acceptors (Lipinski definition) is 13. The van der Waals surface area contributed by atoms with Gasteiger partial charge in [-0.25, -0.2) is 9.50 Å². The molecule has 0 aliphatic heterocycles. The van der Waals surface area contributed by atoms with E-state index in [0.29, 0.717) is 11.4 Å². The second-order valence-corrected chi connectivity index (χ2v) is 10.3. The SMILES string of the molecule is CO[C@](C#N)(CO[P+](=O)N[C@@H](C)C(=O)OCC1CCC1)[C@@H](OC(C)=O)[C@@H](OC(C)=O)c1ccc2c(N)ncnn12. The van der Waals surface area contributed by atoms with Crippen LogP contribution in [0.2, 0.25) is 0 Å². The van der Waals surface area contributed by atoms with Crippen LogP contribution in [0.3, 0.4) is 0 Å². The lowest BCUT2D eigenvalue weighted by Gasteiger charge is -2.35. The van der Waals surface area contributed by atoms with Gasteiger partial charge in [0.2, 0.25) is 5.60 Å². The molecule has 1 unspecified atom stereocenters. The highest BCUT2D eigenvalue weighted by Gasteiger charge is 2.52. The molecule has 15 nitrogen and oxygen atoms in total. The number of carbonyl (C=O) groups excluding carboxylic acids is 3. The highest BCUT2D eigenvalue weighted by molar-refractivity contribution is 7.36. The summed E-state index contributed by atoms with van der Waals surface area (Å²) in [6, 6.07) is 3.97. The number of aromatic nitrogens is 3. The number of ether oxygens (including phenoxy) is 4. The minimum absolute atomic E-state index is 0.122. The third-order valence-electron chi connectivity index (χ3n) is 6.41. The lowest BCUT2D eigenvalue weighted by molar-refractivity contribution is -0.191. The summed E-state index contributed by atoms with van der Waals surface area (Å²) in [4.78, 5) is 40.5. The first-order valence-corrected chi connectivity index (χ1v) is 13.6. The summed E-state index contributed by atoms with van der Waals surface area (Å²) in [6.07, 6.45) is 1.18. The number of nitrogens with one attached hydrogen (secondary N) is 1. The second kappa shape index (κ2) is 13.6. The second-order valence-electron chi connectivity index (χ2n) is 9.27. The van der Waals surface area contributed by atoms with Crippen molar-refractivity contribution in [2.24, 2.45) is 5.92 Å². The van der Waals surface area contributed by atoms with Crippen LogP contribution in [0.5, 0.6) is 0 Å². The molecule has 0 amide bonds. The minimum Gasteiger partial charge on any atom is -0.464 e. The zero-order valence-corrected chi connectivity index (χ0v) is 23.5. The number of carbonyl (C=O) groups is 3. The number of hydrogen-bond donors (Lipinski definition) is 2. The van der Waals surface area contributed by atoms with Crippen molar-refractivity contribution in [3.05, 3.63) is 24.2 Å². The zero-order chi connectivity index (χ0) is 29.4. The fourth-order valence-electron chi connectivity index (χ4n) is 4.01. The molecule has 1 fully saturated rings. The number of fused-ring (bicyclic) bond motifs is 1. The third kappa shape index (κ3) is 7.28. The van der Waals surface area contributed by atoms with Crippen LogP contribution in [-0.4, -0.2) is 70.6 Å². The highest BCUT2D eigenvalue weighted by Crippen LogP contribution is 2.36. The Kier molecular flexibility index (Phi) is 10.5. The molecular formula is C24H32N6O9P+. The predicted molar refractivity (Wildman–Crippen MR) is 137 cm³/mol. The fourth-order valence-corrected chi connectivity index (χ4v) is 4.82. The van der Waals surface area contributed by atoms with E-state index in [0.717, 1.165) is 40.2 Å². The van der Waals surface area contributed by atoms with Crippen molar-refractivity contribution in [1.29, 1.82) is 5.26 Å². The maximum atomic E-state index is 12.7. The standard InChI is InChI=1S/C24H32N6O9P/c1-14(23(33)36-10-17-6-5-7-17)29-40(34)37-12-24(11-25,35-4)21(39-16(3)32)20(38-15(2)31)18-8-9-19-22(26)27-13-28-30(18)19/h8-9,13-14,17,20-21H,5-7,10,12H2,1-4H3,(H,29,34)(H2,26,27,28)/q+1/t14-,20-,21-,24+/m0/s1. The molecule has 0 aromatic carbocycles. The Labute approximate surface area is 231 Å². The molecule has 3 rings (SSSR count). The minimum atomic E-state index is -2.73. The Morgan fingerprint density at radius 2 is 1.98 bits per heavy atom. The van der Waals surface area contributed by atoms with E-state index in [1.165, 1.54) is 23.8 Å². The Morgan fingerprint density at radius 3 is 2.55 bits per heavy atom. The maximum absolute atomic E-state index is 12.7. The van der Waals surface area contributed by atoms with Crippen molar-refractivity contribution in [2.45, 2.75) is 63.9 Å². The van der Waals surface area contributed by atoms with Crippen molar-refractivity contribution in [2.75, 3.05) is 26.1 Å². The lowest BCUT2D eigenvalue weighted by atomic mass is 9.86. The van der Waals surface area contributed by atoms with Gasteiger partial charge in [0, 0.05) is 21.0 Å². The predicted octanol–water partition coefficient (Wildman–Crippen LogP) is 1.75. The summed E-state index contributed by atoms with van der Waals surface area (Å²) in [6.45, 7) is 3.24. The van der Waals surface area contributed by atoms with Gasteiger partial charge >= 0.3 is 26.1 Å². The van der Waals surface area contributed by atoms with Crippen LogP contribution in [0.4, 0.5) is 5.82 Å². The van der Waals surface area contributed by atoms with E-state index in [-0.39, 0.29) is 18.1 Å². The molecule has 0 bridgehead atoms. The molecule has 1 saturated carbocycles. The van der Waals surface area contributed by atoms with Crippen LogP contribution >= 0.6 is 8.18 Å². The van der Waals surface area contributed by atoms with Crippen LogP contribution < -0.4 is 10.8 Å². The molecule has 0 spiro atoms. The summed E-state index contributed by atoms with van der Waals surface area (Å²) in [5, 5.41) is 16.8. The van der Waals surface area contributed by atoms with Gasteiger partial charge in [-0.15, -0.1) is 4.52 Å². The maximum Gasteiger partial charge on any atom is 0.613 e. The van der Waals surface area contributed by atoms with Crippen LogP contribution in [0.25, 0.3) is 5.52 Å². The van der Waals surface area contributed by atoms with Crippen LogP contribution in [0.1, 0.15) is 51.8 Å². The highest BCUT2D eigenvalue weighted by atomic mass is 31.1.